The quantitative estimate of drug-likeness (QED) is 0.697. The molecule has 0 radical (unpaired) electrons. The van der Waals surface area contributed by atoms with E-state index in [9.17, 15) is 18.0 Å². The van der Waals surface area contributed by atoms with Crippen LogP contribution in [0.3, 0.4) is 0 Å². The van der Waals surface area contributed by atoms with Gasteiger partial charge in [0.15, 0.2) is 0 Å². The number of hydrogen-bond donors (Lipinski definition) is 0. The lowest BCUT2D eigenvalue weighted by atomic mass is 9.71. The molecule has 0 aromatic rings. The largest absolute Gasteiger partial charge is 0.384 e. The van der Waals surface area contributed by atoms with E-state index in [1.807, 2.05) is 4.90 Å². The van der Waals surface area contributed by atoms with Crippen molar-refractivity contribution in [3.05, 3.63) is 0 Å². The summed E-state index contributed by atoms with van der Waals surface area (Å²) in [5.74, 6) is 0.178. The van der Waals surface area contributed by atoms with Crippen molar-refractivity contribution in [2.45, 2.75) is 26.2 Å². The Morgan fingerprint density at radius 3 is 2.33 bits per heavy atom. The van der Waals surface area contributed by atoms with E-state index in [1.54, 1.807) is 18.9 Å². The molecule has 0 N–H and O–H groups in total. The van der Waals surface area contributed by atoms with Crippen LogP contribution in [0, 0.1) is 11.3 Å². The fraction of sp³-hybridized carbons (Fsp3) is 0.875. The van der Waals surface area contributed by atoms with Crippen LogP contribution in [0.5, 0.6) is 0 Å². The van der Waals surface area contributed by atoms with Gasteiger partial charge in [-0.1, -0.05) is 0 Å². The lowest BCUT2D eigenvalue weighted by molar-refractivity contribution is -0.134. The third kappa shape index (κ3) is 4.47. The molecule has 2 saturated heterocycles. The molecule has 0 bridgehead atoms. The number of carbonyl (C=O) groups is 2. The summed E-state index contributed by atoms with van der Waals surface area (Å²) in [6, 6.07) is 0. The number of rotatable bonds is 5. The molecule has 8 heteroatoms. The summed E-state index contributed by atoms with van der Waals surface area (Å²) >= 11 is 0. The minimum absolute atomic E-state index is 0.00922. The van der Waals surface area contributed by atoms with Crippen LogP contribution in [0.25, 0.3) is 0 Å². The Labute approximate surface area is 144 Å². The van der Waals surface area contributed by atoms with Crippen LogP contribution in [0.2, 0.25) is 0 Å². The minimum Gasteiger partial charge on any atom is -0.384 e. The maximum atomic E-state index is 12.2. The summed E-state index contributed by atoms with van der Waals surface area (Å²) < 4.78 is 27.8. The molecular formula is C16H28N2O5S. The van der Waals surface area contributed by atoms with Gasteiger partial charge in [0, 0.05) is 58.8 Å². The molecule has 2 fully saturated rings. The standard InChI is InChI=1S/C16H28N2O5S/c1-13(19)18-10-14(11-23-2)16(12-18)5-7-17(8-6-16)15(20)4-9-24(3,21)22/h14H,4-12H2,1-3H3. The van der Waals surface area contributed by atoms with Crippen LogP contribution in [-0.4, -0.2) is 81.9 Å². The van der Waals surface area contributed by atoms with Gasteiger partial charge >= 0.3 is 0 Å². The van der Waals surface area contributed by atoms with Crippen molar-refractivity contribution in [1.29, 1.82) is 0 Å². The smallest absolute Gasteiger partial charge is 0.223 e. The Hall–Kier alpha value is -1.15. The van der Waals surface area contributed by atoms with Crippen molar-refractivity contribution in [3.8, 4) is 0 Å². The van der Waals surface area contributed by atoms with E-state index in [0.29, 0.717) is 32.2 Å². The molecule has 0 aromatic carbocycles. The van der Waals surface area contributed by atoms with Crippen LogP contribution >= 0.6 is 0 Å². The van der Waals surface area contributed by atoms with E-state index >= 15 is 0 Å². The number of methoxy groups -OCH3 is 1. The first kappa shape index (κ1) is 19.2. The number of ether oxygens (including phenoxy) is 1. The molecule has 7 nitrogen and oxygen atoms in total. The molecule has 2 aliphatic heterocycles. The van der Waals surface area contributed by atoms with Gasteiger partial charge in [-0.2, -0.15) is 0 Å². The van der Waals surface area contributed by atoms with Crippen LogP contribution in [0.4, 0.5) is 0 Å². The zero-order valence-electron chi connectivity index (χ0n) is 14.8. The van der Waals surface area contributed by atoms with Crippen molar-refractivity contribution in [2.75, 3.05) is 51.9 Å². The van der Waals surface area contributed by atoms with Crippen molar-refractivity contribution in [3.63, 3.8) is 0 Å². The SMILES string of the molecule is COCC1CN(C(C)=O)CC12CCN(C(=O)CCS(C)(=O)=O)CC2. The summed E-state index contributed by atoms with van der Waals surface area (Å²) in [6.07, 6.45) is 2.85. The van der Waals surface area contributed by atoms with Gasteiger partial charge in [0.2, 0.25) is 11.8 Å². The highest BCUT2D eigenvalue weighted by molar-refractivity contribution is 7.90. The predicted molar refractivity (Wildman–Crippen MR) is 90.2 cm³/mol. The molecule has 1 unspecified atom stereocenters. The van der Waals surface area contributed by atoms with Crippen LogP contribution in [-0.2, 0) is 24.2 Å². The zero-order chi connectivity index (χ0) is 18.0. The monoisotopic (exact) mass is 360 g/mol. The number of carbonyl (C=O) groups excluding carboxylic acids is 2. The highest BCUT2D eigenvalue weighted by Gasteiger charge is 2.49. The molecule has 1 atom stereocenters. The Kier molecular flexibility index (Phi) is 5.91. The molecule has 2 heterocycles. The number of likely N-dealkylation sites (tertiary alicyclic amines) is 2. The Morgan fingerprint density at radius 2 is 1.83 bits per heavy atom. The molecule has 2 amide bonds. The van der Waals surface area contributed by atoms with Crippen LogP contribution < -0.4 is 0 Å². The Morgan fingerprint density at radius 1 is 1.21 bits per heavy atom. The summed E-state index contributed by atoms with van der Waals surface area (Å²) in [5, 5.41) is 0. The molecule has 2 rings (SSSR count). The first-order chi connectivity index (χ1) is 11.2. The average Bonchev–Trinajstić information content (AvgIpc) is 2.84. The molecule has 1 spiro atoms. The van der Waals surface area contributed by atoms with Gasteiger partial charge in [0.25, 0.3) is 0 Å². The van der Waals surface area contributed by atoms with Crippen molar-refractivity contribution < 1.29 is 22.7 Å². The first-order valence-corrected chi connectivity index (χ1v) is 10.4. The summed E-state index contributed by atoms with van der Waals surface area (Å²) in [5.41, 5.74) is 0.00922. The second kappa shape index (κ2) is 7.39. The van der Waals surface area contributed by atoms with E-state index in [0.717, 1.165) is 25.6 Å². The summed E-state index contributed by atoms with van der Waals surface area (Å²) in [4.78, 5) is 27.6. The molecule has 0 saturated carbocycles. The fourth-order valence-corrected chi connectivity index (χ4v) is 4.45. The number of nitrogens with zero attached hydrogens (tertiary/aromatic N) is 2. The van der Waals surface area contributed by atoms with Crippen molar-refractivity contribution >= 4 is 21.7 Å². The van der Waals surface area contributed by atoms with E-state index in [-0.39, 0.29) is 29.4 Å². The summed E-state index contributed by atoms with van der Waals surface area (Å²) in [7, 11) is -1.45. The van der Waals surface area contributed by atoms with E-state index < -0.39 is 9.84 Å². The second-order valence-corrected chi connectivity index (χ2v) is 9.43. The summed E-state index contributed by atoms with van der Waals surface area (Å²) in [6.45, 7) is 4.88. The van der Waals surface area contributed by atoms with Gasteiger partial charge in [0.1, 0.15) is 9.84 Å². The van der Waals surface area contributed by atoms with E-state index in [1.165, 1.54) is 0 Å². The molecular weight excluding hydrogens is 332 g/mol. The number of hydrogen-bond acceptors (Lipinski definition) is 5. The minimum atomic E-state index is -3.12. The topological polar surface area (TPSA) is 84.0 Å². The third-order valence-corrected chi connectivity index (χ3v) is 6.37. The zero-order valence-corrected chi connectivity index (χ0v) is 15.6. The average molecular weight is 360 g/mol. The normalized spacial score (nSPS) is 23.7. The second-order valence-electron chi connectivity index (χ2n) is 7.17. The number of amides is 2. The molecule has 0 aromatic heterocycles. The fourth-order valence-electron chi connectivity index (χ4n) is 3.90. The molecule has 24 heavy (non-hydrogen) atoms. The number of sulfone groups is 1. The van der Waals surface area contributed by atoms with E-state index in [2.05, 4.69) is 0 Å². The van der Waals surface area contributed by atoms with E-state index in [4.69, 9.17) is 4.74 Å². The maximum absolute atomic E-state index is 12.2. The molecule has 138 valence electrons. The van der Waals surface area contributed by atoms with Crippen molar-refractivity contribution in [2.24, 2.45) is 11.3 Å². The van der Waals surface area contributed by atoms with Crippen molar-refractivity contribution in [1.82, 2.24) is 9.80 Å². The Balaban J connectivity index is 1.96. The lowest BCUT2D eigenvalue weighted by Crippen LogP contribution is -2.47. The first-order valence-electron chi connectivity index (χ1n) is 8.37. The maximum Gasteiger partial charge on any atom is 0.223 e. The Bertz CT molecular complexity index is 581. The highest BCUT2D eigenvalue weighted by Crippen LogP contribution is 2.44. The number of piperidine rings is 1. The van der Waals surface area contributed by atoms with Gasteiger partial charge in [-0.25, -0.2) is 8.42 Å². The van der Waals surface area contributed by atoms with Crippen LogP contribution in [0.15, 0.2) is 0 Å². The van der Waals surface area contributed by atoms with Gasteiger partial charge in [-0.15, -0.1) is 0 Å². The van der Waals surface area contributed by atoms with Gasteiger partial charge < -0.3 is 14.5 Å². The van der Waals surface area contributed by atoms with Gasteiger partial charge in [-0.05, 0) is 18.3 Å². The predicted octanol–water partition coefficient (Wildman–Crippen LogP) is 0.155. The molecule has 0 aliphatic carbocycles. The highest BCUT2D eigenvalue weighted by atomic mass is 32.2. The van der Waals surface area contributed by atoms with Gasteiger partial charge in [0.05, 0.1) is 12.4 Å². The van der Waals surface area contributed by atoms with Gasteiger partial charge in [-0.3, -0.25) is 9.59 Å². The van der Waals surface area contributed by atoms with Crippen LogP contribution in [0.1, 0.15) is 26.2 Å². The lowest BCUT2D eigenvalue weighted by Gasteiger charge is -2.42. The molecule has 2 aliphatic rings. The third-order valence-electron chi connectivity index (χ3n) is 5.42.